The van der Waals surface area contributed by atoms with Gasteiger partial charge in [0.15, 0.2) is 0 Å². The lowest BCUT2D eigenvalue weighted by molar-refractivity contribution is 0.178. The van der Waals surface area contributed by atoms with Crippen LogP contribution < -0.4 is 0 Å². The summed E-state index contributed by atoms with van der Waals surface area (Å²) in [6.07, 6.45) is 2.25. The van der Waals surface area contributed by atoms with Gasteiger partial charge in [0.2, 0.25) is 0 Å². The van der Waals surface area contributed by atoms with Crippen LogP contribution in [0.25, 0.3) is 10.8 Å². The van der Waals surface area contributed by atoms with Gasteiger partial charge in [0.1, 0.15) is 5.60 Å². The van der Waals surface area contributed by atoms with Crippen LogP contribution in [0.1, 0.15) is 27.8 Å². The normalized spacial score (nSPS) is 17.2. The van der Waals surface area contributed by atoms with Crippen molar-refractivity contribution in [2.75, 3.05) is 0 Å². The maximum absolute atomic E-state index is 11.1. The molecular formula is C19H14O. The van der Waals surface area contributed by atoms with Crippen molar-refractivity contribution >= 4 is 10.8 Å². The molecule has 0 atom stereocenters. The van der Waals surface area contributed by atoms with Crippen LogP contribution in [-0.2, 0) is 18.4 Å². The summed E-state index contributed by atoms with van der Waals surface area (Å²) in [5.74, 6) is 0. The second kappa shape index (κ2) is 3.31. The van der Waals surface area contributed by atoms with Crippen LogP contribution in [-0.4, -0.2) is 5.11 Å². The molecule has 0 fully saturated rings. The number of aliphatic hydroxyl groups is 1. The zero-order valence-electron chi connectivity index (χ0n) is 11.1. The molecule has 3 aromatic rings. The van der Waals surface area contributed by atoms with Gasteiger partial charge in [-0.1, -0.05) is 54.6 Å². The summed E-state index contributed by atoms with van der Waals surface area (Å²) in [5, 5.41) is 13.7. The monoisotopic (exact) mass is 258 g/mol. The van der Waals surface area contributed by atoms with Gasteiger partial charge in [-0.2, -0.15) is 0 Å². The van der Waals surface area contributed by atoms with E-state index in [4.69, 9.17) is 0 Å². The summed E-state index contributed by atoms with van der Waals surface area (Å²) in [6, 6.07) is 18.8. The molecule has 0 spiro atoms. The maximum Gasteiger partial charge on any atom is 0.141 e. The SMILES string of the molecule is OC1(c2ccc3c4c(cccc24)CC3)c2ccccc21. The Morgan fingerprint density at radius 3 is 2.15 bits per heavy atom. The van der Waals surface area contributed by atoms with Gasteiger partial charge in [-0.15, -0.1) is 0 Å². The van der Waals surface area contributed by atoms with E-state index < -0.39 is 5.60 Å². The standard InChI is InChI=1S/C19H14O/c20-19(16-6-1-2-7-17(16)19)15-11-10-13-9-8-12-4-3-5-14(15)18(12)13/h1-7,10-11,20H,8-9H2. The molecule has 3 aromatic carbocycles. The van der Waals surface area contributed by atoms with Gasteiger partial charge < -0.3 is 5.11 Å². The zero-order chi connectivity index (χ0) is 13.3. The van der Waals surface area contributed by atoms with Crippen LogP contribution in [0, 0.1) is 0 Å². The highest BCUT2D eigenvalue weighted by molar-refractivity contribution is 5.95. The molecule has 2 aliphatic carbocycles. The van der Waals surface area contributed by atoms with Crippen molar-refractivity contribution < 1.29 is 5.11 Å². The fraction of sp³-hybridized carbons (Fsp3) is 0.158. The topological polar surface area (TPSA) is 20.2 Å². The van der Waals surface area contributed by atoms with Gasteiger partial charge in [0.25, 0.3) is 0 Å². The summed E-state index contributed by atoms with van der Waals surface area (Å²) in [6.45, 7) is 0. The van der Waals surface area contributed by atoms with E-state index in [1.807, 2.05) is 24.3 Å². The van der Waals surface area contributed by atoms with Crippen LogP contribution in [0.5, 0.6) is 0 Å². The Bertz CT molecular complexity index is 843. The van der Waals surface area contributed by atoms with Crippen LogP contribution in [0.15, 0.2) is 54.6 Å². The minimum Gasteiger partial charge on any atom is -0.376 e. The van der Waals surface area contributed by atoms with Crippen molar-refractivity contribution in [1.82, 2.24) is 0 Å². The summed E-state index contributed by atoms with van der Waals surface area (Å²) in [5.41, 5.74) is 5.14. The van der Waals surface area contributed by atoms with Gasteiger partial charge >= 0.3 is 0 Å². The molecule has 0 heterocycles. The second-order valence-corrected chi connectivity index (χ2v) is 5.87. The largest absolute Gasteiger partial charge is 0.376 e. The fourth-order valence-electron chi connectivity index (χ4n) is 3.89. The number of rotatable bonds is 1. The molecular weight excluding hydrogens is 244 g/mol. The van der Waals surface area contributed by atoms with Crippen LogP contribution >= 0.6 is 0 Å². The smallest absolute Gasteiger partial charge is 0.141 e. The Kier molecular flexibility index (Phi) is 1.76. The third-order valence-electron chi connectivity index (χ3n) is 4.91. The van der Waals surface area contributed by atoms with Crippen molar-refractivity contribution in [2.24, 2.45) is 0 Å². The van der Waals surface area contributed by atoms with Crippen molar-refractivity contribution in [3.8, 4) is 0 Å². The Balaban J connectivity index is 1.85. The first kappa shape index (κ1) is 10.6. The molecule has 20 heavy (non-hydrogen) atoms. The zero-order valence-corrected chi connectivity index (χ0v) is 11.1. The molecule has 0 unspecified atom stereocenters. The second-order valence-electron chi connectivity index (χ2n) is 5.87. The molecule has 96 valence electrons. The van der Waals surface area contributed by atoms with Gasteiger partial charge in [0, 0.05) is 5.56 Å². The van der Waals surface area contributed by atoms with Crippen molar-refractivity contribution in [3.05, 3.63) is 82.4 Å². The van der Waals surface area contributed by atoms with Crippen molar-refractivity contribution in [2.45, 2.75) is 18.4 Å². The van der Waals surface area contributed by atoms with E-state index >= 15 is 0 Å². The predicted octanol–water partition coefficient (Wildman–Crippen LogP) is 3.54. The van der Waals surface area contributed by atoms with Crippen molar-refractivity contribution in [1.29, 1.82) is 0 Å². The molecule has 0 saturated carbocycles. The third-order valence-corrected chi connectivity index (χ3v) is 4.91. The minimum absolute atomic E-state index is 0.858. The lowest BCUT2D eigenvalue weighted by Crippen LogP contribution is -2.09. The molecule has 0 radical (unpaired) electrons. The first-order chi connectivity index (χ1) is 9.80. The number of fused-ring (bicyclic) bond motifs is 1. The molecule has 5 rings (SSSR count). The van der Waals surface area contributed by atoms with Crippen LogP contribution in [0.3, 0.4) is 0 Å². The van der Waals surface area contributed by atoms with Crippen LogP contribution in [0.2, 0.25) is 0 Å². The van der Waals surface area contributed by atoms with E-state index in [1.54, 1.807) is 0 Å². The molecule has 0 amide bonds. The predicted molar refractivity (Wildman–Crippen MR) is 79.9 cm³/mol. The van der Waals surface area contributed by atoms with E-state index in [-0.39, 0.29) is 0 Å². The quantitative estimate of drug-likeness (QED) is 0.708. The molecule has 1 nitrogen and oxygen atoms in total. The molecule has 0 saturated heterocycles. The maximum atomic E-state index is 11.1. The van der Waals surface area contributed by atoms with Gasteiger partial charge in [-0.25, -0.2) is 0 Å². The Labute approximate surface area is 117 Å². The summed E-state index contributed by atoms with van der Waals surface area (Å²) in [7, 11) is 0. The molecule has 1 N–H and O–H groups in total. The van der Waals surface area contributed by atoms with Gasteiger partial charge in [-0.3, -0.25) is 0 Å². The average molecular weight is 258 g/mol. The fourth-order valence-corrected chi connectivity index (χ4v) is 3.89. The summed E-state index contributed by atoms with van der Waals surface area (Å²) in [4.78, 5) is 0. The third kappa shape index (κ3) is 1.09. The highest BCUT2D eigenvalue weighted by Crippen LogP contribution is 2.54. The molecule has 2 aliphatic rings. The van der Waals surface area contributed by atoms with E-state index in [0.717, 1.165) is 29.5 Å². The van der Waals surface area contributed by atoms with E-state index in [0.29, 0.717) is 0 Å². The lowest BCUT2D eigenvalue weighted by atomic mass is 9.94. The molecule has 0 aliphatic heterocycles. The minimum atomic E-state index is -0.858. The van der Waals surface area contributed by atoms with E-state index in [9.17, 15) is 5.11 Å². The molecule has 0 aromatic heterocycles. The van der Waals surface area contributed by atoms with E-state index in [1.165, 1.54) is 21.9 Å². The average Bonchev–Trinajstić information content (AvgIpc) is 2.89. The highest BCUT2D eigenvalue weighted by atomic mass is 16.3. The van der Waals surface area contributed by atoms with E-state index in [2.05, 4.69) is 30.3 Å². The van der Waals surface area contributed by atoms with Crippen molar-refractivity contribution in [3.63, 3.8) is 0 Å². The van der Waals surface area contributed by atoms with Gasteiger partial charge in [0.05, 0.1) is 0 Å². The first-order valence-electron chi connectivity index (χ1n) is 7.16. The highest BCUT2D eigenvalue weighted by Gasteiger charge is 2.50. The number of benzene rings is 3. The number of hydrogen-bond donors (Lipinski definition) is 1. The Morgan fingerprint density at radius 1 is 0.700 bits per heavy atom. The molecule has 1 heteroatoms. The number of aryl methyl sites for hydroxylation is 2. The Hall–Kier alpha value is -2.12. The first-order valence-corrected chi connectivity index (χ1v) is 7.16. The molecule has 0 bridgehead atoms. The van der Waals surface area contributed by atoms with Gasteiger partial charge in [-0.05, 0) is 45.9 Å². The summed E-state index contributed by atoms with van der Waals surface area (Å²) >= 11 is 0. The lowest BCUT2D eigenvalue weighted by Gasteiger charge is -2.14. The van der Waals surface area contributed by atoms with Crippen LogP contribution in [0.4, 0.5) is 0 Å². The summed E-state index contributed by atoms with van der Waals surface area (Å²) < 4.78 is 0. The Morgan fingerprint density at radius 2 is 1.40 bits per heavy atom. The number of hydrogen-bond acceptors (Lipinski definition) is 1.